The minimum Gasteiger partial charge on any atom is -0.482 e. The molecule has 3 rings (SSSR count). The molecule has 0 saturated heterocycles. The second kappa shape index (κ2) is 5.06. The lowest BCUT2D eigenvalue weighted by Crippen LogP contribution is -2.33. The molecular formula is C13H16N2O4S. The number of fused-ring (bicyclic) bond motifs is 1. The Morgan fingerprint density at radius 3 is 2.75 bits per heavy atom. The average molecular weight is 296 g/mol. The third-order valence-corrected chi connectivity index (χ3v) is 5.09. The van der Waals surface area contributed by atoms with E-state index in [9.17, 15) is 13.2 Å². The quantitative estimate of drug-likeness (QED) is 0.879. The molecule has 0 radical (unpaired) electrons. The van der Waals surface area contributed by atoms with Gasteiger partial charge in [-0.15, -0.1) is 0 Å². The number of nitrogens with one attached hydrogen (secondary N) is 2. The zero-order chi connectivity index (χ0) is 14.2. The summed E-state index contributed by atoms with van der Waals surface area (Å²) in [7, 11) is -3.55. The number of hydrogen-bond donors (Lipinski definition) is 2. The Morgan fingerprint density at radius 1 is 1.25 bits per heavy atom. The number of carbonyl (C=O) groups excluding carboxylic acids is 1. The topological polar surface area (TPSA) is 84.5 Å². The SMILES string of the molecule is O=C1COc2ccc(S(=O)(=O)NC3CCCC3)cc2N1. The molecule has 1 heterocycles. The van der Waals surface area contributed by atoms with Gasteiger partial charge >= 0.3 is 0 Å². The zero-order valence-electron chi connectivity index (χ0n) is 10.9. The van der Waals surface area contributed by atoms with Gasteiger partial charge in [0, 0.05) is 6.04 Å². The predicted molar refractivity (Wildman–Crippen MR) is 73.1 cm³/mol. The smallest absolute Gasteiger partial charge is 0.262 e. The third-order valence-electron chi connectivity index (χ3n) is 3.57. The molecule has 1 saturated carbocycles. The van der Waals surface area contributed by atoms with Gasteiger partial charge in [-0.05, 0) is 31.0 Å². The summed E-state index contributed by atoms with van der Waals surface area (Å²) in [6, 6.07) is 4.51. The van der Waals surface area contributed by atoms with Crippen molar-refractivity contribution in [3.05, 3.63) is 18.2 Å². The van der Waals surface area contributed by atoms with Crippen LogP contribution in [0, 0.1) is 0 Å². The Bertz CT molecular complexity index is 636. The van der Waals surface area contributed by atoms with Crippen molar-refractivity contribution in [2.75, 3.05) is 11.9 Å². The Hall–Kier alpha value is -1.60. The summed E-state index contributed by atoms with van der Waals surface area (Å²) in [5.41, 5.74) is 0.399. The lowest BCUT2D eigenvalue weighted by Gasteiger charge is -2.19. The van der Waals surface area contributed by atoms with Crippen LogP contribution in [0.3, 0.4) is 0 Å². The first-order valence-electron chi connectivity index (χ1n) is 6.64. The Morgan fingerprint density at radius 2 is 2.00 bits per heavy atom. The highest BCUT2D eigenvalue weighted by atomic mass is 32.2. The van der Waals surface area contributed by atoms with E-state index in [0.29, 0.717) is 11.4 Å². The van der Waals surface area contributed by atoms with Crippen LogP contribution in [0.15, 0.2) is 23.1 Å². The Kier molecular flexibility index (Phi) is 3.39. The highest BCUT2D eigenvalue weighted by molar-refractivity contribution is 7.89. The van der Waals surface area contributed by atoms with Gasteiger partial charge in [0.25, 0.3) is 5.91 Å². The normalized spacial score (nSPS) is 19.3. The summed E-state index contributed by atoms with van der Waals surface area (Å²) >= 11 is 0. The van der Waals surface area contributed by atoms with Crippen LogP contribution in [0.4, 0.5) is 5.69 Å². The molecule has 108 valence electrons. The van der Waals surface area contributed by atoms with E-state index in [-0.39, 0.29) is 23.5 Å². The molecule has 20 heavy (non-hydrogen) atoms. The van der Waals surface area contributed by atoms with Crippen molar-refractivity contribution in [2.24, 2.45) is 0 Å². The number of ether oxygens (including phenoxy) is 1. The largest absolute Gasteiger partial charge is 0.482 e. The van der Waals surface area contributed by atoms with Gasteiger partial charge in [0.2, 0.25) is 10.0 Å². The standard InChI is InChI=1S/C13H16N2O4S/c16-13-8-19-12-6-5-10(7-11(12)14-13)20(17,18)15-9-3-1-2-4-9/h5-7,9,15H,1-4,8H2,(H,14,16). The monoisotopic (exact) mass is 296 g/mol. The second-order valence-electron chi connectivity index (χ2n) is 5.10. The number of rotatable bonds is 3. The molecule has 0 aromatic heterocycles. The van der Waals surface area contributed by atoms with Gasteiger partial charge in [-0.2, -0.15) is 0 Å². The molecule has 0 unspecified atom stereocenters. The molecule has 1 aliphatic carbocycles. The van der Waals surface area contributed by atoms with Crippen molar-refractivity contribution in [1.82, 2.24) is 4.72 Å². The molecule has 2 aliphatic rings. The summed E-state index contributed by atoms with van der Waals surface area (Å²) in [5.74, 6) is 0.209. The number of hydrogen-bond acceptors (Lipinski definition) is 4. The van der Waals surface area contributed by atoms with Crippen molar-refractivity contribution >= 4 is 21.6 Å². The van der Waals surface area contributed by atoms with E-state index in [1.165, 1.54) is 12.1 Å². The fourth-order valence-corrected chi connectivity index (χ4v) is 3.89. The third kappa shape index (κ3) is 2.64. The van der Waals surface area contributed by atoms with Crippen LogP contribution < -0.4 is 14.8 Å². The fourth-order valence-electron chi connectivity index (χ4n) is 2.56. The molecule has 7 heteroatoms. The summed E-state index contributed by atoms with van der Waals surface area (Å²) in [4.78, 5) is 11.4. The van der Waals surface area contributed by atoms with Gasteiger partial charge in [-0.1, -0.05) is 12.8 Å². The molecule has 0 atom stereocenters. The van der Waals surface area contributed by atoms with E-state index >= 15 is 0 Å². The van der Waals surface area contributed by atoms with Crippen LogP contribution in [0.2, 0.25) is 0 Å². The van der Waals surface area contributed by atoms with E-state index in [2.05, 4.69) is 10.0 Å². The number of sulfonamides is 1. The minimum absolute atomic E-state index is 0.0156. The van der Waals surface area contributed by atoms with Crippen molar-refractivity contribution in [2.45, 2.75) is 36.6 Å². The number of anilines is 1. The van der Waals surface area contributed by atoms with E-state index in [1.54, 1.807) is 6.07 Å². The summed E-state index contributed by atoms with van der Waals surface area (Å²) in [5, 5.41) is 2.61. The van der Waals surface area contributed by atoms with Crippen LogP contribution in [0.5, 0.6) is 5.75 Å². The first-order chi connectivity index (χ1) is 9.54. The van der Waals surface area contributed by atoms with Gasteiger partial charge in [-0.25, -0.2) is 13.1 Å². The van der Waals surface area contributed by atoms with Gasteiger partial charge in [0.05, 0.1) is 10.6 Å². The molecule has 1 aliphatic heterocycles. The number of amides is 1. The van der Waals surface area contributed by atoms with Crippen LogP contribution in [-0.2, 0) is 14.8 Å². The van der Waals surface area contributed by atoms with E-state index in [4.69, 9.17) is 4.74 Å². The second-order valence-corrected chi connectivity index (χ2v) is 6.81. The highest BCUT2D eigenvalue weighted by Gasteiger charge is 2.25. The highest BCUT2D eigenvalue weighted by Crippen LogP contribution is 2.30. The number of carbonyl (C=O) groups is 1. The maximum absolute atomic E-state index is 12.3. The molecule has 1 aromatic carbocycles. The summed E-state index contributed by atoms with van der Waals surface area (Å²) in [6.07, 6.45) is 3.87. The van der Waals surface area contributed by atoms with E-state index < -0.39 is 10.0 Å². The lowest BCUT2D eigenvalue weighted by molar-refractivity contribution is -0.118. The molecule has 0 spiro atoms. The fraction of sp³-hybridized carbons (Fsp3) is 0.462. The van der Waals surface area contributed by atoms with Crippen LogP contribution >= 0.6 is 0 Å². The number of benzene rings is 1. The summed E-state index contributed by atoms with van der Waals surface area (Å²) < 4.78 is 32.5. The van der Waals surface area contributed by atoms with Gasteiger partial charge in [0.15, 0.2) is 6.61 Å². The zero-order valence-corrected chi connectivity index (χ0v) is 11.7. The first-order valence-corrected chi connectivity index (χ1v) is 8.12. The van der Waals surface area contributed by atoms with Crippen molar-refractivity contribution in [3.8, 4) is 5.75 Å². The van der Waals surface area contributed by atoms with Crippen LogP contribution in [-0.4, -0.2) is 27.0 Å². The van der Waals surface area contributed by atoms with Gasteiger partial charge < -0.3 is 10.1 Å². The van der Waals surface area contributed by atoms with Crippen molar-refractivity contribution < 1.29 is 17.9 Å². The van der Waals surface area contributed by atoms with Crippen molar-refractivity contribution in [3.63, 3.8) is 0 Å². The summed E-state index contributed by atoms with van der Waals surface area (Å²) in [6.45, 7) is -0.0422. The molecule has 1 fully saturated rings. The Labute approximate surface area is 117 Å². The van der Waals surface area contributed by atoms with E-state index in [0.717, 1.165) is 25.7 Å². The minimum atomic E-state index is -3.55. The maximum Gasteiger partial charge on any atom is 0.262 e. The van der Waals surface area contributed by atoms with Crippen LogP contribution in [0.25, 0.3) is 0 Å². The molecule has 0 bridgehead atoms. The van der Waals surface area contributed by atoms with Gasteiger partial charge in [0.1, 0.15) is 5.75 Å². The van der Waals surface area contributed by atoms with Gasteiger partial charge in [-0.3, -0.25) is 4.79 Å². The molecule has 2 N–H and O–H groups in total. The Balaban J connectivity index is 1.85. The maximum atomic E-state index is 12.3. The first kappa shape index (κ1) is 13.4. The molecule has 1 aromatic rings. The molecule has 6 nitrogen and oxygen atoms in total. The van der Waals surface area contributed by atoms with E-state index in [1.807, 2.05) is 0 Å². The van der Waals surface area contributed by atoms with Crippen molar-refractivity contribution in [1.29, 1.82) is 0 Å². The van der Waals surface area contributed by atoms with Crippen LogP contribution in [0.1, 0.15) is 25.7 Å². The predicted octanol–water partition coefficient (Wildman–Crippen LogP) is 1.24. The average Bonchev–Trinajstić information content (AvgIpc) is 2.90. The molecule has 1 amide bonds. The molecular weight excluding hydrogens is 280 g/mol. The lowest BCUT2D eigenvalue weighted by atomic mass is 10.2.